The van der Waals surface area contributed by atoms with Crippen molar-refractivity contribution in [3.8, 4) is 0 Å². The molecule has 1 aromatic rings. The van der Waals surface area contributed by atoms with Gasteiger partial charge in [-0.3, -0.25) is 0 Å². The van der Waals surface area contributed by atoms with E-state index in [0.717, 1.165) is 38.9 Å². The zero-order chi connectivity index (χ0) is 17.9. The summed E-state index contributed by atoms with van der Waals surface area (Å²) in [6, 6.07) is 9.41. The minimum absolute atomic E-state index is 0.165. The fraction of sp³-hybridized carbons (Fsp3) is 0.667. The first-order valence-corrected chi connectivity index (χ1v) is 9.71. The van der Waals surface area contributed by atoms with Gasteiger partial charge in [-0.25, -0.2) is 4.79 Å². The van der Waals surface area contributed by atoms with Crippen LogP contribution >= 0.6 is 0 Å². The Labute approximate surface area is 151 Å². The molecular formula is C21H32N2O2. The molecule has 4 heteroatoms. The minimum Gasteiger partial charge on any atom is -0.444 e. The van der Waals surface area contributed by atoms with Gasteiger partial charge in [0.05, 0.1) is 0 Å². The Balaban J connectivity index is 1.55. The Morgan fingerprint density at radius 2 is 1.92 bits per heavy atom. The van der Waals surface area contributed by atoms with Gasteiger partial charge in [0.15, 0.2) is 0 Å². The molecule has 2 aliphatic heterocycles. The lowest BCUT2D eigenvalue weighted by Crippen LogP contribution is -2.42. The van der Waals surface area contributed by atoms with Crippen LogP contribution in [0.1, 0.15) is 63.6 Å². The molecule has 2 aliphatic rings. The van der Waals surface area contributed by atoms with Crippen molar-refractivity contribution >= 4 is 6.09 Å². The van der Waals surface area contributed by atoms with Gasteiger partial charge in [-0.2, -0.15) is 0 Å². The second-order valence-electron chi connectivity index (χ2n) is 8.46. The predicted octanol–water partition coefficient (Wildman–Crippen LogP) is 4.30. The molecule has 0 unspecified atom stereocenters. The van der Waals surface area contributed by atoms with E-state index in [1.54, 1.807) is 0 Å². The van der Waals surface area contributed by atoms with Gasteiger partial charge < -0.3 is 15.0 Å². The summed E-state index contributed by atoms with van der Waals surface area (Å²) >= 11 is 0. The summed E-state index contributed by atoms with van der Waals surface area (Å²) in [7, 11) is 0. The van der Waals surface area contributed by atoms with E-state index in [1.165, 1.54) is 24.0 Å². The highest BCUT2D eigenvalue weighted by Gasteiger charge is 2.28. The number of hydrogen-bond donors (Lipinski definition) is 1. The number of carbonyl (C=O) groups is 1. The molecule has 1 aromatic carbocycles. The maximum absolute atomic E-state index is 12.2. The summed E-state index contributed by atoms with van der Waals surface area (Å²) in [5.41, 5.74) is 2.55. The fourth-order valence-electron chi connectivity index (χ4n) is 3.97. The van der Waals surface area contributed by atoms with Crippen LogP contribution in [0.15, 0.2) is 24.3 Å². The second-order valence-corrected chi connectivity index (χ2v) is 8.46. The van der Waals surface area contributed by atoms with Crippen LogP contribution < -0.4 is 5.32 Å². The van der Waals surface area contributed by atoms with Gasteiger partial charge in [-0.1, -0.05) is 24.3 Å². The highest BCUT2D eigenvalue weighted by Crippen LogP contribution is 2.30. The monoisotopic (exact) mass is 344 g/mol. The topological polar surface area (TPSA) is 41.6 Å². The van der Waals surface area contributed by atoms with E-state index in [2.05, 4.69) is 29.6 Å². The van der Waals surface area contributed by atoms with Crippen LogP contribution in [-0.2, 0) is 11.2 Å². The van der Waals surface area contributed by atoms with Crippen LogP contribution in [0.25, 0.3) is 0 Å². The van der Waals surface area contributed by atoms with Gasteiger partial charge in [0.25, 0.3) is 0 Å². The minimum atomic E-state index is -0.416. The maximum Gasteiger partial charge on any atom is 0.410 e. The molecule has 25 heavy (non-hydrogen) atoms. The van der Waals surface area contributed by atoms with Gasteiger partial charge in [0, 0.05) is 19.1 Å². The van der Waals surface area contributed by atoms with E-state index in [4.69, 9.17) is 4.74 Å². The zero-order valence-electron chi connectivity index (χ0n) is 15.9. The number of piperidine rings is 1. The summed E-state index contributed by atoms with van der Waals surface area (Å²) in [5.74, 6) is 0.654. The van der Waals surface area contributed by atoms with Crippen molar-refractivity contribution in [2.24, 2.45) is 5.92 Å². The van der Waals surface area contributed by atoms with Gasteiger partial charge in [0.1, 0.15) is 5.60 Å². The van der Waals surface area contributed by atoms with E-state index < -0.39 is 5.60 Å². The molecule has 1 amide bonds. The van der Waals surface area contributed by atoms with E-state index in [0.29, 0.717) is 12.0 Å². The van der Waals surface area contributed by atoms with Gasteiger partial charge >= 0.3 is 6.09 Å². The third-order valence-corrected chi connectivity index (χ3v) is 5.27. The van der Waals surface area contributed by atoms with Crippen LogP contribution in [0.5, 0.6) is 0 Å². The smallest absolute Gasteiger partial charge is 0.410 e. The van der Waals surface area contributed by atoms with Crippen LogP contribution in [0.3, 0.4) is 0 Å². The van der Waals surface area contributed by atoms with Crippen molar-refractivity contribution in [2.75, 3.05) is 19.6 Å². The van der Waals surface area contributed by atoms with Crippen molar-refractivity contribution in [3.05, 3.63) is 35.4 Å². The Hall–Kier alpha value is -1.55. The maximum atomic E-state index is 12.2. The first kappa shape index (κ1) is 18.2. The lowest BCUT2D eigenvalue weighted by Gasteiger charge is -2.34. The van der Waals surface area contributed by atoms with E-state index in [9.17, 15) is 4.79 Å². The number of rotatable bonds is 3. The highest BCUT2D eigenvalue weighted by atomic mass is 16.6. The molecule has 2 heterocycles. The van der Waals surface area contributed by atoms with Gasteiger partial charge in [-0.05, 0) is 76.5 Å². The normalized spacial score (nSPS) is 22.2. The van der Waals surface area contributed by atoms with E-state index in [-0.39, 0.29) is 6.09 Å². The molecule has 3 rings (SSSR count). The molecule has 0 aromatic heterocycles. The molecular weight excluding hydrogens is 312 g/mol. The fourth-order valence-corrected chi connectivity index (χ4v) is 3.97. The number of ether oxygens (including phenoxy) is 1. The molecule has 1 N–H and O–H groups in total. The number of carbonyl (C=O) groups excluding carboxylic acids is 1. The number of amides is 1. The van der Waals surface area contributed by atoms with Crippen LogP contribution in [0.4, 0.5) is 4.79 Å². The van der Waals surface area contributed by atoms with Crippen molar-refractivity contribution in [2.45, 2.75) is 64.5 Å². The van der Waals surface area contributed by atoms with E-state index in [1.807, 2.05) is 25.7 Å². The molecule has 1 atom stereocenters. The quantitative estimate of drug-likeness (QED) is 0.889. The summed E-state index contributed by atoms with van der Waals surface area (Å²) < 4.78 is 5.50. The molecule has 138 valence electrons. The third-order valence-electron chi connectivity index (χ3n) is 5.27. The lowest BCUT2D eigenvalue weighted by molar-refractivity contribution is 0.0184. The highest BCUT2D eigenvalue weighted by molar-refractivity contribution is 5.68. The number of nitrogens with one attached hydrogen (secondary N) is 1. The average Bonchev–Trinajstić information content (AvgIpc) is 3.09. The Bertz CT molecular complexity index is 580. The first-order chi connectivity index (χ1) is 11.9. The summed E-state index contributed by atoms with van der Waals surface area (Å²) in [4.78, 5) is 14.1. The molecule has 0 saturated carbocycles. The van der Waals surface area contributed by atoms with Crippen molar-refractivity contribution in [1.82, 2.24) is 10.2 Å². The Kier molecular flexibility index (Phi) is 5.67. The van der Waals surface area contributed by atoms with Crippen molar-refractivity contribution in [1.29, 1.82) is 0 Å². The van der Waals surface area contributed by atoms with Gasteiger partial charge in [0.2, 0.25) is 0 Å². The lowest BCUT2D eigenvalue weighted by atomic mass is 9.87. The average molecular weight is 344 g/mol. The molecule has 0 aliphatic carbocycles. The van der Waals surface area contributed by atoms with Crippen LogP contribution in [-0.4, -0.2) is 36.2 Å². The largest absolute Gasteiger partial charge is 0.444 e. The molecule has 0 bridgehead atoms. The number of nitrogens with zero attached hydrogens (tertiary/aromatic N) is 1. The van der Waals surface area contributed by atoms with Gasteiger partial charge in [-0.15, -0.1) is 0 Å². The number of hydrogen-bond acceptors (Lipinski definition) is 3. The number of benzene rings is 1. The summed E-state index contributed by atoms with van der Waals surface area (Å²) in [6.45, 7) is 8.52. The summed E-state index contributed by atoms with van der Waals surface area (Å²) in [5, 5.41) is 3.62. The van der Waals surface area contributed by atoms with E-state index >= 15 is 0 Å². The first-order valence-electron chi connectivity index (χ1n) is 9.71. The molecule has 0 spiro atoms. The van der Waals surface area contributed by atoms with Crippen LogP contribution in [0.2, 0.25) is 0 Å². The van der Waals surface area contributed by atoms with Crippen molar-refractivity contribution in [3.63, 3.8) is 0 Å². The Morgan fingerprint density at radius 1 is 1.20 bits per heavy atom. The molecule has 2 saturated heterocycles. The third kappa shape index (κ3) is 4.97. The van der Waals surface area contributed by atoms with Crippen molar-refractivity contribution < 1.29 is 9.53 Å². The Morgan fingerprint density at radius 3 is 2.56 bits per heavy atom. The SMILES string of the molecule is CC(C)(C)OC(=O)N1CCC(Cc2ccccc2[C@H]2CCCN2)CC1. The standard InChI is InChI=1S/C21H32N2O2/c1-21(2,3)25-20(24)23-13-10-16(11-14-23)15-17-7-4-5-8-18(17)19-9-6-12-22-19/h4-5,7-8,16,19,22H,6,9-15H2,1-3H3/t19-/m1/s1. The molecule has 2 fully saturated rings. The van der Waals surface area contributed by atoms with Crippen LogP contribution in [0, 0.1) is 5.92 Å². The number of likely N-dealkylation sites (tertiary alicyclic amines) is 1. The molecule has 0 radical (unpaired) electrons. The summed E-state index contributed by atoms with van der Waals surface area (Å²) in [6.07, 6.45) is 5.59. The second kappa shape index (κ2) is 7.77. The molecule has 4 nitrogen and oxygen atoms in total. The predicted molar refractivity (Wildman–Crippen MR) is 101 cm³/mol. The zero-order valence-corrected chi connectivity index (χ0v) is 15.9.